The summed E-state index contributed by atoms with van der Waals surface area (Å²) in [5.74, 6) is 0. The zero-order chi connectivity index (χ0) is 21.6. The zero-order valence-corrected chi connectivity index (χ0v) is 18.3. The maximum atomic E-state index is 12.9. The molecule has 9 nitrogen and oxygen atoms in total. The van der Waals surface area contributed by atoms with Crippen LogP contribution >= 0.6 is 0 Å². The molecule has 0 spiro atoms. The number of imidazole rings is 1. The first kappa shape index (κ1) is 20.2. The lowest BCUT2D eigenvalue weighted by Gasteiger charge is -2.35. The van der Waals surface area contributed by atoms with E-state index in [4.69, 9.17) is 0 Å². The predicted molar refractivity (Wildman–Crippen MR) is 118 cm³/mol. The first-order chi connectivity index (χ1) is 14.9. The van der Waals surface area contributed by atoms with Gasteiger partial charge in [-0.1, -0.05) is 12.8 Å². The van der Waals surface area contributed by atoms with E-state index in [9.17, 15) is 13.2 Å². The molecule has 1 aliphatic heterocycles. The highest BCUT2D eigenvalue weighted by Gasteiger charge is 2.31. The molecule has 2 aliphatic rings. The number of fused-ring (bicyclic) bond motifs is 1. The van der Waals surface area contributed by atoms with Crippen molar-refractivity contribution in [2.45, 2.75) is 36.9 Å². The third-order valence-corrected chi connectivity index (χ3v) is 8.34. The molecule has 0 unspecified atom stereocenters. The first-order valence-electron chi connectivity index (χ1n) is 10.7. The monoisotopic (exact) mass is 442 g/mol. The van der Waals surface area contributed by atoms with Gasteiger partial charge in [-0.15, -0.1) is 0 Å². The van der Waals surface area contributed by atoms with Gasteiger partial charge in [0.25, 0.3) is 15.6 Å². The molecule has 0 bridgehead atoms. The van der Waals surface area contributed by atoms with Crippen LogP contribution in [0.1, 0.15) is 31.7 Å². The Labute approximate surface area is 181 Å². The van der Waals surface area contributed by atoms with Gasteiger partial charge in [-0.3, -0.25) is 9.36 Å². The van der Waals surface area contributed by atoms with E-state index in [2.05, 4.69) is 14.9 Å². The van der Waals surface area contributed by atoms with Gasteiger partial charge in [0.1, 0.15) is 0 Å². The van der Waals surface area contributed by atoms with E-state index in [0.717, 1.165) is 31.4 Å². The van der Waals surface area contributed by atoms with Crippen molar-refractivity contribution in [3.8, 4) is 0 Å². The quantitative estimate of drug-likeness (QED) is 0.611. The number of benzene rings is 1. The van der Waals surface area contributed by atoms with Crippen LogP contribution in [0.3, 0.4) is 0 Å². The summed E-state index contributed by atoms with van der Waals surface area (Å²) in [4.78, 5) is 23.6. The van der Waals surface area contributed by atoms with Crippen LogP contribution < -0.4 is 10.5 Å². The van der Waals surface area contributed by atoms with Gasteiger partial charge in [0, 0.05) is 57.3 Å². The second-order valence-corrected chi connectivity index (χ2v) is 10.1. The average Bonchev–Trinajstić information content (AvgIpc) is 3.46. The minimum absolute atomic E-state index is 0.0226. The van der Waals surface area contributed by atoms with E-state index >= 15 is 0 Å². The fraction of sp³-hybridized carbons (Fsp3) is 0.476. The number of aromatic nitrogens is 4. The van der Waals surface area contributed by atoms with E-state index in [1.165, 1.54) is 15.1 Å². The molecule has 0 N–H and O–H groups in total. The zero-order valence-electron chi connectivity index (χ0n) is 17.5. The maximum Gasteiger partial charge on any atom is 0.277 e. The largest absolute Gasteiger partial charge is 0.369 e. The third kappa shape index (κ3) is 3.53. The van der Waals surface area contributed by atoms with Crippen molar-refractivity contribution in [1.82, 2.24) is 23.4 Å². The summed E-state index contributed by atoms with van der Waals surface area (Å²) in [5, 5.41) is 0.698. The molecule has 1 aromatic carbocycles. The molecular formula is C21H26N6O3S. The SMILES string of the molecule is Cn1ccnc1S(=O)(=O)N1CCN(c2ccc3c(=O)n(C4CCCC4)cnc3c2)CC1. The van der Waals surface area contributed by atoms with E-state index in [-0.39, 0.29) is 16.8 Å². The van der Waals surface area contributed by atoms with Crippen LogP contribution in [-0.2, 0) is 17.1 Å². The summed E-state index contributed by atoms with van der Waals surface area (Å²) in [6.45, 7) is 1.89. The van der Waals surface area contributed by atoms with Crippen molar-refractivity contribution < 1.29 is 8.42 Å². The molecule has 0 radical (unpaired) electrons. The van der Waals surface area contributed by atoms with Crippen molar-refractivity contribution in [3.63, 3.8) is 0 Å². The number of hydrogen-bond donors (Lipinski definition) is 0. The van der Waals surface area contributed by atoms with Crippen LogP contribution in [-0.4, -0.2) is 58.0 Å². The van der Waals surface area contributed by atoms with Crippen LogP contribution in [0.4, 0.5) is 5.69 Å². The minimum Gasteiger partial charge on any atom is -0.369 e. The molecule has 10 heteroatoms. The van der Waals surface area contributed by atoms with E-state index in [1.54, 1.807) is 24.1 Å². The van der Waals surface area contributed by atoms with Gasteiger partial charge in [-0.2, -0.15) is 4.31 Å². The van der Waals surface area contributed by atoms with E-state index in [0.29, 0.717) is 37.1 Å². The number of anilines is 1. The summed E-state index contributed by atoms with van der Waals surface area (Å²) in [6, 6.07) is 5.98. The minimum atomic E-state index is -3.61. The first-order valence-corrected chi connectivity index (χ1v) is 12.1. The Bertz CT molecular complexity index is 1270. The van der Waals surface area contributed by atoms with Gasteiger partial charge in [-0.25, -0.2) is 18.4 Å². The van der Waals surface area contributed by atoms with Crippen molar-refractivity contribution >= 4 is 26.6 Å². The molecule has 3 heterocycles. The number of piperazine rings is 1. The lowest BCUT2D eigenvalue weighted by atomic mass is 10.2. The second kappa shape index (κ2) is 7.76. The van der Waals surface area contributed by atoms with Crippen molar-refractivity contribution in [3.05, 3.63) is 47.3 Å². The number of nitrogens with zero attached hydrogens (tertiary/aromatic N) is 6. The van der Waals surface area contributed by atoms with Crippen LogP contribution in [0.5, 0.6) is 0 Å². The lowest BCUT2D eigenvalue weighted by Crippen LogP contribution is -2.49. The smallest absolute Gasteiger partial charge is 0.277 e. The number of rotatable bonds is 4. The topological polar surface area (TPSA) is 93.3 Å². The van der Waals surface area contributed by atoms with Gasteiger partial charge in [0.05, 0.1) is 17.2 Å². The molecule has 164 valence electrons. The maximum absolute atomic E-state index is 12.9. The van der Waals surface area contributed by atoms with E-state index in [1.807, 2.05) is 18.2 Å². The molecule has 5 rings (SSSR count). The number of hydrogen-bond acceptors (Lipinski definition) is 6. The second-order valence-electron chi connectivity index (χ2n) is 8.31. The summed E-state index contributed by atoms with van der Waals surface area (Å²) in [6.07, 6.45) is 9.21. The molecular weight excluding hydrogens is 416 g/mol. The Morgan fingerprint density at radius 1 is 1.03 bits per heavy atom. The van der Waals surface area contributed by atoms with Crippen molar-refractivity contribution in [1.29, 1.82) is 0 Å². The molecule has 2 fully saturated rings. The number of sulfonamides is 1. The molecule has 3 aromatic rings. The predicted octanol–water partition coefficient (Wildman–Crippen LogP) is 1.76. The molecule has 1 saturated carbocycles. The van der Waals surface area contributed by atoms with Gasteiger partial charge in [-0.05, 0) is 31.0 Å². The Balaban J connectivity index is 1.34. The fourth-order valence-electron chi connectivity index (χ4n) is 4.67. The Kier molecular flexibility index (Phi) is 5.05. The molecule has 1 aliphatic carbocycles. The van der Waals surface area contributed by atoms with Gasteiger partial charge in [0.2, 0.25) is 5.16 Å². The summed E-state index contributed by atoms with van der Waals surface area (Å²) in [5.41, 5.74) is 1.65. The van der Waals surface area contributed by atoms with Crippen LogP contribution in [0.15, 0.2) is 46.9 Å². The Morgan fingerprint density at radius 3 is 2.45 bits per heavy atom. The average molecular weight is 443 g/mol. The highest BCUT2D eigenvalue weighted by atomic mass is 32.2. The fourth-order valence-corrected chi connectivity index (χ4v) is 6.16. The Morgan fingerprint density at radius 2 is 1.77 bits per heavy atom. The summed E-state index contributed by atoms with van der Waals surface area (Å²) >= 11 is 0. The van der Waals surface area contributed by atoms with Crippen molar-refractivity contribution in [2.75, 3.05) is 31.1 Å². The Hall–Kier alpha value is -2.72. The summed E-state index contributed by atoms with van der Waals surface area (Å²) in [7, 11) is -1.93. The standard InChI is InChI=1S/C21H26N6O3S/c1-24-9-8-22-21(24)31(29,30)26-12-10-25(11-13-26)17-6-7-18-19(14-17)23-15-27(20(18)28)16-4-2-3-5-16/h6-9,14-16H,2-5,10-13H2,1H3. The van der Waals surface area contributed by atoms with Crippen molar-refractivity contribution in [2.24, 2.45) is 7.05 Å². The number of aryl methyl sites for hydroxylation is 1. The van der Waals surface area contributed by atoms with E-state index < -0.39 is 10.0 Å². The third-order valence-electron chi connectivity index (χ3n) is 6.44. The highest BCUT2D eigenvalue weighted by Crippen LogP contribution is 2.29. The van der Waals surface area contributed by atoms with Gasteiger partial charge >= 0.3 is 0 Å². The van der Waals surface area contributed by atoms with Crippen LogP contribution in [0, 0.1) is 0 Å². The molecule has 1 saturated heterocycles. The molecule has 0 atom stereocenters. The molecule has 31 heavy (non-hydrogen) atoms. The van der Waals surface area contributed by atoms with Gasteiger partial charge in [0.15, 0.2) is 0 Å². The summed E-state index contributed by atoms with van der Waals surface area (Å²) < 4.78 is 30.5. The normalized spacial score (nSPS) is 18.8. The van der Waals surface area contributed by atoms with Crippen LogP contribution in [0.2, 0.25) is 0 Å². The highest BCUT2D eigenvalue weighted by molar-refractivity contribution is 7.89. The lowest BCUT2D eigenvalue weighted by molar-refractivity contribution is 0.380. The van der Waals surface area contributed by atoms with Gasteiger partial charge < -0.3 is 9.47 Å². The molecule has 2 aromatic heterocycles. The van der Waals surface area contributed by atoms with Crippen LogP contribution in [0.25, 0.3) is 10.9 Å². The molecule has 0 amide bonds.